The highest BCUT2D eigenvalue weighted by Crippen LogP contribution is 2.30. The van der Waals surface area contributed by atoms with Crippen molar-refractivity contribution in [3.63, 3.8) is 0 Å². The molecule has 0 atom stereocenters. The maximum absolute atomic E-state index is 2.65. The minimum atomic E-state index is 0.451. The van der Waals surface area contributed by atoms with Crippen LogP contribution in [0.5, 0.6) is 0 Å². The molecule has 38 heavy (non-hydrogen) atoms. The van der Waals surface area contributed by atoms with Crippen molar-refractivity contribution < 1.29 is 0 Å². The Bertz CT molecular complexity index is 408. The third-order valence-corrected chi connectivity index (χ3v) is 8.93. The van der Waals surface area contributed by atoms with Crippen LogP contribution in [0.1, 0.15) is 233 Å². The summed E-state index contributed by atoms with van der Waals surface area (Å²) in [6.45, 7) is 9.56. The molecule has 0 aromatic carbocycles. The zero-order chi connectivity index (χ0) is 27.8. The Balaban J connectivity index is 3.27. The molecule has 0 heterocycles. The van der Waals surface area contributed by atoms with Crippen LogP contribution in [0.2, 0.25) is 0 Å². The van der Waals surface area contributed by atoms with Crippen LogP contribution in [0, 0.1) is 11.8 Å². The van der Waals surface area contributed by atoms with Gasteiger partial charge in [0, 0.05) is 0 Å². The van der Waals surface area contributed by atoms with E-state index in [1.807, 2.05) is 0 Å². The van der Waals surface area contributed by atoms with E-state index < -0.39 is 0 Å². The summed E-state index contributed by atoms with van der Waals surface area (Å²) in [6.07, 6.45) is 49.2. The monoisotopic (exact) mass is 534 g/mol. The molecule has 0 aromatic heterocycles. The standard InChI is InChI=1S/C38H77/c1-5-7-9-11-13-15-17-19-21-23-25-27-29-31-33-35-37-38(3,4)36-34-32-30-28-26-24-22-20-18-16-14-12-10-8-6-2/h36H,5-35,37H2,1-4H3. The van der Waals surface area contributed by atoms with Crippen LogP contribution in [-0.4, -0.2) is 0 Å². The Hall–Kier alpha value is 0. The van der Waals surface area contributed by atoms with E-state index in [4.69, 9.17) is 0 Å². The first-order valence-corrected chi connectivity index (χ1v) is 18.5. The summed E-state index contributed by atoms with van der Waals surface area (Å²) in [6, 6.07) is 0. The van der Waals surface area contributed by atoms with Gasteiger partial charge in [-0.3, -0.25) is 0 Å². The summed E-state index contributed by atoms with van der Waals surface area (Å²) in [7, 11) is 0. The molecular weight excluding hydrogens is 456 g/mol. The van der Waals surface area contributed by atoms with Gasteiger partial charge in [-0.05, 0) is 24.7 Å². The molecule has 0 nitrogen and oxygen atoms in total. The van der Waals surface area contributed by atoms with E-state index in [0.29, 0.717) is 5.41 Å². The van der Waals surface area contributed by atoms with Gasteiger partial charge in [0.2, 0.25) is 0 Å². The van der Waals surface area contributed by atoms with Gasteiger partial charge < -0.3 is 0 Å². The summed E-state index contributed by atoms with van der Waals surface area (Å²) in [4.78, 5) is 0. The molecule has 0 rings (SSSR count). The van der Waals surface area contributed by atoms with Gasteiger partial charge in [0.1, 0.15) is 0 Å². The second-order valence-corrected chi connectivity index (χ2v) is 13.6. The van der Waals surface area contributed by atoms with Crippen LogP contribution >= 0.6 is 0 Å². The number of hydrogen-bond donors (Lipinski definition) is 0. The molecular formula is C38H77. The van der Waals surface area contributed by atoms with Gasteiger partial charge >= 0.3 is 0 Å². The average Bonchev–Trinajstić information content (AvgIpc) is 2.90. The SMILES string of the molecule is CCCCCCCCCCCCCCCC[CH]C(C)(C)CCCCCCCCCCCCCCCCCC. The van der Waals surface area contributed by atoms with E-state index in [1.165, 1.54) is 205 Å². The zero-order valence-corrected chi connectivity index (χ0v) is 27.7. The molecule has 0 amide bonds. The van der Waals surface area contributed by atoms with E-state index in [9.17, 15) is 0 Å². The Morgan fingerprint density at radius 3 is 0.842 bits per heavy atom. The maximum Gasteiger partial charge on any atom is -0.0323 e. The minimum Gasteiger partial charge on any atom is -0.0654 e. The fourth-order valence-corrected chi connectivity index (χ4v) is 6.06. The van der Waals surface area contributed by atoms with Crippen molar-refractivity contribution in [1.82, 2.24) is 0 Å². The molecule has 0 aromatic rings. The maximum atomic E-state index is 2.65. The van der Waals surface area contributed by atoms with Crippen molar-refractivity contribution in [2.24, 2.45) is 5.41 Å². The smallest absolute Gasteiger partial charge is 0.0323 e. The third kappa shape index (κ3) is 32.2. The molecule has 0 N–H and O–H groups in total. The fourth-order valence-electron chi connectivity index (χ4n) is 6.06. The zero-order valence-electron chi connectivity index (χ0n) is 27.7. The largest absolute Gasteiger partial charge is 0.0654 e. The lowest BCUT2D eigenvalue weighted by atomic mass is 9.81. The normalized spacial score (nSPS) is 12.0. The number of rotatable bonds is 33. The van der Waals surface area contributed by atoms with E-state index in [2.05, 4.69) is 34.1 Å². The van der Waals surface area contributed by atoms with E-state index in [0.717, 1.165) is 0 Å². The second kappa shape index (κ2) is 31.5. The van der Waals surface area contributed by atoms with Crippen LogP contribution in [0.4, 0.5) is 0 Å². The average molecular weight is 534 g/mol. The molecule has 0 heteroatoms. The van der Waals surface area contributed by atoms with Crippen molar-refractivity contribution in [3.8, 4) is 0 Å². The highest BCUT2D eigenvalue weighted by molar-refractivity contribution is 4.84. The summed E-state index contributed by atoms with van der Waals surface area (Å²) in [5.74, 6) is 0. The van der Waals surface area contributed by atoms with Crippen LogP contribution in [0.3, 0.4) is 0 Å². The molecule has 0 bridgehead atoms. The van der Waals surface area contributed by atoms with Gasteiger partial charge in [0.15, 0.2) is 0 Å². The molecule has 0 saturated heterocycles. The molecule has 0 fully saturated rings. The Kier molecular flexibility index (Phi) is 31.5. The first-order valence-electron chi connectivity index (χ1n) is 18.5. The first-order chi connectivity index (χ1) is 18.6. The predicted molar refractivity (Wildman–Crippen MR) is 177 cm³/mol. The lowest BCUT2D eigenvalue weighted by Crippen LogP contribution is -2.11. The van der Waals surface area contributed by atoms with Crippen molar-refractivity contribution in [2.75, 3.05) is 0 Å². The van der Waals surface area contributed by atoms with Crippen molar-refractivity contribution in [3.05, 3.63) is 6.42 Å². The molecule has 0 aliphatic carbocycles. The molecule has 0 spiro atoms. The predicted octanol–water partition coefficient (Wildman–Crippen LogP) is 14.7. The Labute approximate surface area is 244 Å². The van der Waals surface area contributed by atoms with E-state index in [-0.39, 0.29) is 0 Å². The molecule has 0 aliphatic rings. The van der Waals surface area contributed by atoms with Gasteiger partial charge in [-0.2, -0.15) is 0 Å². The summed E-state index contributed by atoms with van der Waals surface area (Å²) in [5, 5.41) is 0. The van der Waals surface area contributed by atoms with Crippen LogP contribution < -0.4 is 0 Å². The molecule has 0 unspecified atom stereocenters. The van der Waals surface area contributed by atoms with Gasteiger partial charge in [0.25, 0.3) is 0 Å². The first kappa shape index (κ1) is 38.0. The molecule has 229 valence electrons. The van der Waals surface area contributed by atoms with Crippen molar-refractivity contribution >= 4 is 0 Å². The van der Waals surface area contributed by atoms with E-state index >= 15 is 0 Å². The van der Waals surface area contributed by atoms with Gasteiger partial charge in [-0.15, -0.1) is 0 Å². The van der Waals surface area contributed by atoms with Gasteiger partial charge in [0.05, 0.1) is 0 Å². The number of unbranched alkanes of at least 4 members (excludes halogenated alkanes) is 29. The fraction of sp³-hybridized carbons (Fsp3) is 0.974. The van der Waals surface area contributed by atoms with Gasteiger partial charge in [-0.1, -0.05) is 220 Å². The third-order valence-electron chi connectivity index (χ3n) is 8.93. The Morgan fingerprint density at radius 1 is 0.316 bits per heavy atom. The molecule has 0 saturated carbocycles. The lowest BCUT2D eigenvalue weighted by molar-refractivity contribution is 0.360. The summed E-state index contributed by atoms with van der Waals surface area (Å²) < 4.78 is 0. The van der Waals surface area contributed by atoms with Crippen molar-refractivity contribution in [2.45, 2.75) is 233 Å². The topological polar surface area (TPSA) is 0 Å². The van der Waals surface area contributed by atoms with Crippen LogP contribution in [0.15, 0.2) is 0 Å². The van der Waals surface area contributed by atoms with E-state index in [1.54, 1.807) is 0 Å². The molecule has 0 aliphatic heterocycles. The second-order valence-electron chi connectivity index (χ2n) is 13.6. The highest BCUT2D eigenvalue weighted by atomic mass is 14.2. The number of hydrogen-bond acceptors (Lipinski definition) is 0. The van der Waals surface area contributed by atoms with Gasteiger partial charge in [-0.25, -0.2) is 0 Å². The highest BCUT2D eigenvalue weighted by Gasteiger charge is 2.16. The summed E-state index contributed by atoms with van der Waals surface area (Å²) >= 11 is 0. The quantitative estimate of drug-likeness (QED) is 0.0736. The molecule has 1 radical (unpaired) electrons. The minimum absolute atomic E-state index is 0.451. The van der Waals surface area contributed by atoms with Crippen LogP contribution in [0.25, 0.3) is 0 Å². The Morgan fingerprint density at radius 2 is 0.553 bits per heavy atom. The van der Waals surface area contributed by atoms with Crippen LogP contribution in [-0.2, 0) is 0 Å². The lowest BCUT2D eigenvalue weighted by Gasteiger charge is -2.24. The van der Waals surface area contributed by atoms with Crippen molar-refractivity contribution in [1.29, 1.82) is 0 Å². The summed E-state index contributed by atoms with van der Waals surface area (Å²) in [5.41, 5.74) is 0.451.